The molecule has 1 aromatic heterocycles. The number of hydrogen-bond acceptors (Lipinski definition) is 5. The number of hydrazone groups is 1. The van der Waals surface area contributed by atoms with Crippen LogP contribution in [-0.2, 0) is 11.4 Å². The maximum absolute atomic E-state index is 13.3. The first-order chi connectivity index (χ1) is 16.6. The van der Waals surface area contributed by atoms with Gasteiger partial charge in [-0.15, -0.1) is 11.3 Å². The lowest BCUT2D eigenvalue weighted by molar-refractivity contribution is -0.114. The zero-order chi connectivity index (χ0) is 23.5. The Morgan fingerprint density at radius 3 is 2.53 bits per heavy atom. The molecule has 34 heavy (non-hydrogen) atoms. The van der Waals surface area contributed by atoms with E-state index >= 15 is 0 Å². The highest BCUT2D eigenvalue weighted by Gasteiger charge is 2.31. The van der Waals surface area contributed by atoms with Gasteiger partial charge in [-0.1, -0.05) is 76.6 Å². The number of thiazole rings is 1. The molecule has 0 atom stereocenters. The van der Waals surface area contributed by atoms with E-state index in [2.05, 4.69) is 26.0 Å². The molecule has 0 radical (unpaired) electrons. The van der Waals surface area contributed by atoms with E-state index in [0.29, 0.717) is 28.8 Å². The fraction of sp³-hybridized carbons (Fsp3) is 0.0741. The molecule has 4 aromatic rings. The van der Waals surface area contributed by atoms with Gasteiger partial charge in [-0.25, -0.2) is 4.98 Å². The van der Waals surface area contributed by atoms with Gasteiger partial charge in [-0.2, -0.15) is 10.1 Å². The Balaban J connectivity index is 1.37. The Kier molecular flexibility index (Phi) is 6.38. The van der Waals surface area contributed by atoms with Crippen molar-refractivity contribution < 1.29 is 9.53 Å². The first-order valence-corrected chi connectivity index (χ1v) is 12.3. The molecule has 5 nitrogen and oxygen atoms in total. The molecule has 2 heterocycles. The second-order valence-electron chi connectivity index (χ2n) is 7.69. The van der Waals surface area contributed by atoms with Crippen molar-refractivity contribution in [3.8, 4) is 17.0 Å². The molecule has 0 saturated carbocycles. The summed E-state index contributed by atoms with van der Waals surface area (Å²) in [6.45, 7) is 2.27. The van der Waals surface area contributed by atoms with Gasteiger partial charge in [-0.05, 0) is 36.8 Å². The molecule has 0 saturated heterocycles. The lowest BCUT2D eigenvalue weighted by atomic mass is 10.1. The molecule has 0 N–H and O–H groups in total. The molecular weight excluding hydrogens is 510 g/mol. The standard InChI is InChI=1S/C27H20BrN3O2S/c1-18-23(15-21-9-5-6-10-25(21)33-16-19-11-13-22(28)14-12-19)26(32)31(30-18)27-29-24(17-34-27)20-7-3-2-4-8-20/h2-15,17H,16H2,1H3. The SMILES string of the molecule is CC1=NN(c2nc(-c3ccccc3)cs2)C(=O)C1=Cc1ccccc1OCc1ccc(Br)cc1. The monoisotopic (exact) mass is 529 g/mol. The molecule has 0 bridgehead atoms. The summed E-state index contributed by atoms with van der Waals surface area (Å²) in [5.74, 6) is 0.506. The summed E-state index contributed by atoms with van der Waals surface area (Å²) in [6, 6.07) is 25.6. The van der Waals surface area contributed by atoms with Gasteiger partial charge in [0.2, 0.25) is 5.13 Å². The maximum atomic E-state index is 13.3. The zero-order valence-corrected chi connectivity index (χ0v) is 20.7. The highest BCUT2D eigenvalue weighted by molar-refractivity contribution is 9.10. The van der Waals surface area contributed by atoms with Crippen LogP contribution in [0.5, 0.6) is 5.75 Å². The number of carbonyl (C=O) groups is 1. The average Bonchev–Trinajstić information content (AvgIpc) is 3.46. The number of aromatic nitrogens is 1. The number of anilines is 1. The summed E-state index contributed by atoms with van der Waals surface area (Å²) in [5, 5.41) is 8.36. The van der Waals surface area contributed by atoms with E-state index in [0.717, 1.165) is 26.9 Å². The summed E-state index contributed by atoms with van der Waals surface area (Å²) in [4.78, 5) is 17.9. The van der Waals surface area contributed by atoms with Gasteiger partial charge in [0.15, 0.2) is 0 Å². The quantitative estimate of drug-likeness (QED) is 0.253. The second kappa shape index (κ2) is 9.75. The highest BCUT2D eigenvalue weighted by Crippen LogP contribution is 2.32. The first kappa shape index (κ1) is 22.3. The lowest BCUT2D eigenvalue weighted by Crippen LogP contribution is -2.21. The molecule has 1 amide bonds. The van der Waals surface area contributed by atoms with Crippen LogP contribution in [0.4, 0.5) is 5.13 Å². The third kappa shape index (κ3) is 4.71. The predicted octanol–water partition coefficient (Wildman–Crippen LogP) is 6.96. The van der Waals surface area contributed by atoms with Crippen LogP contribution < -0.4 is 9.75 Å². The topological polar surface area (TPSA) is 54.8 Å². The second-order valence-corrected chi connectivity index (χ2v) is 9.45. The molecule has 3 aromatic carbocycles. The summed E-state index contributed by atoms with van der Waals surface area (Å²) in [6.07, 6.45) is 1.84. The largest absolute Gasteiger partial charge is 0.488 e. The summed E-state index contributed by atoms with van der Waals surface area (Å²) >= 11 is 4.85. The normalized spacial score (nSPS) is 14.5. The Bertz CT molecular complexity index is 1390. The number of halogens is 1. The Labute approximate surface area is 210 Å². The summed E-state index contributed by atoms with van der Waals surface area (Å²) in [7, 11) is 0. The van der Waals surface area contributed by atoms with Crippen LogP contribution >= 0.6 is 27.3 Å². The fourth-order valence-electron chi connectivity index (χ4n) is 3.55. The van der Waals surface area contributed by atoms with Crippen LogP contribution in [0, 0.1) is 0 Å². The average molecular weight is 530 g/mol. The molecule has 0 fully saturated rings. The van der Waals surface area contributed by atoms with Gasteiger partial charge in [-0.3, -0.25) is 4.79 Å². The van der Waals surface area contributed by atoms with Gasteiger partial charge < -0.3 is 4.74 Å². The van der Waals surface area contributed by atoms with E-state index in [1.807, 2.05) is 97.2 Å². The van der Waals surface area contributed by atoms with Crippen molar-refractivity contribution in [3.05, 3.63) is 105 Å². The van der Waals surface area contributed by atoms with Crippen LogP contribution in [0.15, 0.2) is 99.4 Å². The zero-order valence-electron chi connectivity index (χ0n) is 18.3. The number of nitrogens with zero attached hydrogens (tertiary/aromatic N) is 3. The Morgan fingerprint density at radius 1 is 1.00 bits per heavy atom. The van der Waals surface area contributed by atoms with E-state index in [1.54, 1.807) is 0 Å². The molecule has 0 spiro atoms. The van der Waals surface area contributed by atoms with E-state index < -0.39 is 0 Å². The van der Waals surface area contributed by atoms with Gasteiger partial charge >= 0.3 is 0 Å². The van der Waals surface area contributed by atoms with Crippen molar-refractivity contribution in [1.82, 2.24) is 4.98 Å². The summed E-state index contributed by atoms with van der Waals surface area (Å²) < 4.78 is 7.10. The number of ether oxygens (including phenoxy) is 1. The fourth-order valence-corrected chi connectivity index (χ4v) is 4.59. The van der Waals surface area contributed by atoms with E-state index in [9.17, 15) is 4.79 Å². The van der Waals surface area contributed by atoms with E-state index in [4.69, 9.17) is 4.74 Å². The third-order valence-electron chi connectivity index (χ3n) is 5.33. The van der Waals surface area contributed by atoms with Crippen LogP contribution in [0.25, 0.3) is 17.3 Å². The molecule has 5 rings (SSSR count). The number of hydrogen-bond donors (Lipinski definition) is 0. The van der Waals surface area contributed by atoms with Crippen molar-refractivity contribution >= 4 is 50.1 Å². The van der Waals surface area contributed by atoms with Crippen LogP contribution in [0.3, 0.4) is 0 Å². The minimum Gasteiger partial charge on any atom is -0.488 e. The van der Waals surface area contributed by atoms with E-state index in [1.165, 1.54) is 16.3 Å². The van der Waals surface area contributed by atoms with Gasteiger partial charge in [0, 0.05) is 21.0 Å². The van der Waals surface area contributed by atoms with Crippen LogP contribution in [0.1, 0.15) is 18.1 Å². The number of carbonyl (C=O) groups excluding carboxylic acids is 1. The third-order valence-corrected chi connectivity index (χ3v) is 6.68. The molecule has 7 heteroatoms. The highest BCUT2D eigenvalue weighted by atomic mass is 79.9. The van der Waals surface area contributed by atoms with E-state index in [-0.39, 0.29) is 5.91 Å². The molecule has 0 unspecified atom stereocenters. The minimum atomic E-state index is -0.200. The predicted molar refractivity (Wildman–Crippen MR) is 141 cm³/mol. The smallest absolute Gasteiger partial charge is 0.282 e. The first-order valence-electron chi connectivity index (χ1n) is 10.7. The lowest BCUT2D eigenvalue weighted by Gasteiger charge is -2.10. The van der Waals surface area contributed by atoms with Gasteiger partial charge in [0.05, 0.1) is 17.0 Å². The van der Waals surface area contributed by atoms with Crippen LogP contribution in [0.2, 0.25) is 0 Å². The molecule has 168 valence electrons. The van der Waals surface area contributed by atoms with Crippen molar-refractivity contribution in [2.45, 2.75) is 13.5 Å². The number of amides is 1. The number of para-hydroxylation sites is 1. The van der Waals surface area contributed by atoms with Crippen molar-refractivity contribution in [2.24, 2.45) is 5.10 Å². The number of rotatable bonds is 6. The molecule has 1 aliphatic rings. The summed E-state index contributed by atoms with van der Waals surface area (Å²) in [5.41, 5.74) is 4.88. The maximum Gasteiger partial charge on any atom is 0.282 e. The molecule has 0 aliphatic carbocycles. The minimum absolute atomic E-state index is 0.200. The van der Waals surface area contributed by atoms with Crippen molar-refractivity contribution in [3.63, 3.8) is 0 Å². The molecular formula is C27H20BrN3O2S. The van der Waals surface area contributed by atoms with Crippen molar-refractivity contribution in [1.29, 1.82) is 0 Å². The number of benzene rings is 3. The Morgan fingerprint density at radius 2 is 1.74 bits per heavy atom. The molecule has 1 aliphatic heterocycles. The van der Waals surface area contributed by atoms with Crippen LogP contribution in [-0.4, -0.2) is 16.6 Å². The van der Waals surface area contributed by atoms with Crippen molar-refractivity contribution in [2.75, 3.05) is 5.01 Å². The van der Waals surface area contributed by atoms with Gasteiger partial charge in [0.25, 0.3) is 5.91 Å². The Hall–Kier alpha value is -3.55. The van der Waals surface area contributed by atoms with Gasteiger partial charge in [0.1, 0.15) is 12.4 Å².